The Labute approximate surface area is 170 Å². The van der Waals surface area contributed by atoms with Crippen molar-refractivity contribution in [3.8, 4) is 16.2 Å². The molecule has 144 valence electrons. The first-order valence-corrected chi connectivity index (χ1v) is 11.3. The second kappa shape index (κ2) is 6.16. The molecule has 0 aromatic carbocycles. The highest BCUT2D eigenvalue weighted by atomic mass is 32.1. The van der Waals surface area contributed by atoms with Gasteiger partial charge in [-0.05, 0) is 47.6 Å². The van der Waals surface area contributed by atoms with Crippen LogP contribution in [0.3, 0.4) is 0 Å². The molecule has 1 aliphatic rings. The van der Waals surface area contributed by atoms with Gasteiger partial charge in [0.1, 0.15) is 10.6 Å². The Kier molecular flexibility index (Phi) is 3.93. The van der Waals surface area contributed by atoms with Crippen LogP contribution in [0.25, 0.3) is 30.9 Å². The van der Waals surface area contributed by atoms with E-state index in [2.05, 4.69) is 43.3 Å². The first-order valence-electron chi connectivity index (χ1n) is 9.57. The molecular weight excluding hydrogens is 388 g/mol. The zero-order valence-corrected chi connectivity index (χ0v) is 17.8. The lowest BCUT2D eigenvalue weighted by atomic mass is 9.70. The standard InChI is InChI=1S/C22H22N2O2S2/c1-22(2,3)11-6-7-13-12(9-11)17(15-5-4-8-27-15)18-19-20(28-21(18)23-13)14(25)10-16(26)24-19/h4-5,8,10-11H,6-7,9H2,1-3H3,(H2,24,25,26)/t11-/m1/s1. The van der Waals surface area contributed by atoms with E-state index in [0.717, 1.165) is 29.5 Å². The van der Waals surface area contributed by atoms with Gasteiger partial charge in [0.2, 0.25) is 0 Å². The van der Waals surface area contributed by atoms with E-state index in [1.54, 1.807) is 11.3 Å². The van der Waals surface area contributed by atoms with Crippen molar-refractivity contribution in [2.75, 3.05) is 0 Å². The summed E-state index contributed by atoms with van der Waals surface area (Å²) in [5.74, 6) is 0.625. The number of nitrogens with one attached hydrogen (secondary N) is 1. The van der Waals surface area contributed by atoms with Crippen LogP contribution >= 0.6 is 22.7 Å². The van der Waals surface area contributed by atoms with Crippen molar-refractivity contribution < 1.29 is 5.11 Å². The van der Waals surface area contributed by atoms with Gasteiger partial charge in [-0.1, -0.05) is 26.8 Å². The average molecular weight is 411 g/mol. The van der Waals surface area contributed by atoms with Gasteiger partial charge in [0.25, 0.3) is 5.56 Å². The summed E-state index contributed by atoms with van der Waals surface area (Å²) in [6.45, 7) is 6.94. The van der Waals surface area contributed by atoms with Crippen LogP contribution in [-0.2, 0) is 12.8 Å². The fraction of sp³-hybridized carbons (Fsp3) is 0.364. The number of hydrogen-bond acceptors (Lipinski definition) is 5. The van der Waals surface area contributed by atoms with Gasteiger partial charge >= 0.3 is 0 Å². The molecule has 4 aromatic rings. The predicted molar refractivity (Wildman–Crippen MR) is 118 cm³/mol. The van der Waals surface area contributed by atoms with Gasteiger partial charge in [-0.3, -0.25) is 4.79 Å². The minimum Gasteiger partial charge on any atom is -0.506 e. The number of fused-ring (bicyclic) bond motifs is 4. The van der Waals surface area contributed by atoms with Crippen molar-refractivity contribution in [1.29, 1.82) is 0 Å². The molecule has 5 rings (SSSR count). The number of hydrogen-bond donors (Lipinski definition) is 2. The number of aryl methyl sites for hydroxylation is 1. The van der Waals surface area contributed by atoms with Crippen LogP contribution in [0, 0.1) is 11.3 Å². The molecule has 4 heterocycles. The molecule has 0 radical (unpaired) electrons. The molecule has 1 atom stereocenters. The lowest BCUT2D eigenvalue weighted by Crippen LogP contribution is -2.27. The third-order valence-electron chi connectivity index (χ3n) is 5.95. The summed E-state index contributed by atoms with van der Waals surface area (Å²) < 4.78 is 0.703. The number of nitrogens with zero attached hydrogens (tertiary/aromatic N) is 1. The number of aromatic amines is 1. The predicted octanol–water partition coefficient (Wildman–Crippen LogP) is 5.72. The normalized spacial score (nSPS) is 17.3. The van der Waals surface area contributed by atoms with Crippen molar-refractivity contribution in [3.63, 3.8) is 0 Å². The molecular formula is C22H22N2O2S2. The van der Waals surface area contributed by atoms with Gasteiger partial charge in [-0.25, -0.2) is 4.98 Å². The first-order chi connectivity index (χ1) is 13.3. The van der Waals surface area contributed by atoms with E-state index >= 15 is 0 Å². The maximum atomic E-state index is 12.1. The summed E-state index contributed by atoms with van der Waals surface area (Å²) in [6.07, 6.45) is 3.11. The molecule has 0 bridgehead atoms. The lowest BCUT2D eigenvalue weighted by Gasteiger charge is -2.35. The molecule has 2 N–H and O–H groups in total. The van der Waals surface area contributed by atoms with Crippen molar-refractivity contribution in [1.82, 2.24) is 9.97 Å². The molecule has 0 saturated heterocycles. The van der Waals surface area contributed by atoms with Crippen LogP contribution in [0.15, 0.2) is 28.4 Å². The molecule has 0 amide bonds. The van der Waals surface area contributed by atoms with E-state index in [-0.39, 0.29) is 16.7 Å². The summed E-state index contributed by atoms with van der Waals surface area (Å²) in [4.78, 5) is 22.1. The number of aromatic nitrogens is 2. The number of aromatic hydroxyl groups is 1. The van der Waals surface area contributed by atoms with E-state index in [0.29, 0.717) is 16.1 Å². The molecule has 28 heavy (non-hydrogen) atoms. The highest BCUT2D eigenvalue weighted by Gasteiger charge is 2.32. The molecule has 4 nitrogen and oxygen atoms in total. The van der Waals surface area contributed by atoms with Gasteiger partial charge in [0.15, 0.2) is 0 Å². The van der Waals surface area contributed by atoms with Gasteiger partial charge in [0, 0.05) is 27.6 Å². The van der Waals surface area contributed by atoms with Gasteiger partial charge in [-0.15, -0.1) is 22.7 Å². The van der Waals surface area contributed by atoms with Gasteiger partial charge < -0.3 is 10.1 Å². The van der Waals surface area contributed by atoms with E-state index in [4.69, 9.17) is 4.98 Å². The Balaban J connectivity index is 1.90. The summed E-state index contributed by atoms with van der Waals surface area (Å²) >= 11 is 3.18. The Hall–Kier alpha value is -2.18. The molecule has 1 aliphatic carbocycles. The van der Waals surface area contributed by atoms with Gasteiger partial charge in [-0.2, -0.15) is 0 Å². The molecule has 0 saturated carbocycles. The minimum absolute atomic E-state index is 0.0319. The largest absolute Gasteiger partial charge is 0.506 e. The number of pyridine rings is 2. The first kappa shape index (κ1) is 17.9. The van der Waals surface area contributed by atoms with Gasteiger partial charge in [0.05, 0.1) is 10.2 Å². The number of thiophene rings is 2. The Morgan fingerprint density at radius 1 is 1.32 bits per heavy atom. The van der Waals surface area contributed by atoms with E-state index < -0.39 is 0 Å². The Bertz CT molecular complexity index is 1260. The van der Waals surface area contributed by atoms with Crippen LogP contribution in [0.4, 0.5) is 0 Å². The number of rotatable bonds is 1. The second-order valence-corrected chi connectivity index (χ2v) is 10.6. The van der Waals surface area contributed by atoms with Crippen LogP contribution in [0.2, 0.25) is 0 Å². The van der Waals surface area contributed by atoms with E-state index in [1.165, 1.54) is 39.1 Å². The smallest absolute Gasteiger partial charge is 0.252 e. The van der Waals surface area contributed by atoms with Crippen molar-refractivity contribution in [2.24, 2.45) is 11.3 Å². The summed E-state index contributed by atoms with van der Waals surface area (Å²) in [5, 5.41) is 13.4. The molecule has 0 fully saturated rings. The zero-order valence-electron chi connectivity index (χ0n) is 16.1. The third kappa shape index (κ3) is 2.70. The molecule has 6 heteroatoms. The maximum Gasteiger partial charge on any atom is 0.252 e. The van der Waals surface area contributed by atoms with Crippen molar-refractivity contribution in [3.05, 3.63) is 45.2 Å². The monoisotopic (exact) mass is 410 g/mol. The van der Waals surface area contributed by atoms with Crippen molar-refractivity contribution in [2.45, 2.75) is 40.0 Å². The summed E-state index contributed by atoms with van der Waals surface area (Å²) in [6, 6.07) is 5.46. The average Bonchev–Trinajstić information content (AvgIpc) is 3.27. The molecule has 4 aromatic heterocycles. The van der Waals surface area contributed by atoms with E-state index in [1.807, 2.05) is 0 Å². The van der Waals surface area contributed by atoms with E-state index in [9.17, 15) is 9.90 Å². The highest BCUT2D eigenvalue weighted by molar-refractivity contribution is 7.26. The number of H-pyrrole nitrogens is 1. The Morgan fingerprint density at radius 2 is 2.14 bits per heavy atom. The summed E-state index contributed by atoms with van der Waals surface area (Å²) in [5.41, 5.74) is 4.34. The molecule has 0 spiro atoms. The summed E-state index contributed by atoms with van der Waals surface area (Å²) in [7, 11) is 0. The minimum atomic E-state index is -0.285. The topological polar surface area (TPSA) is 66.0 Å². The Morgan fingerprint density at radius 3 is 2.86 bits per heavy atom. The van der Waals surface area contributed by atoms with Crippen LogP contribution in [0.5, 0.6) is 5.75 Å². The fourth-order valence-electron chi connectivity index (χ4n) is 4.38. The molecule has 0 aliphatic heterocycles. The quantitative estimate of drug-likeness (QED) is 0.421. The fourth-order valence-corrected chi connectivity index (χ4v) is 6.26. The lowest BCUT2D eigenvalue weighted by molar-refractivity contribution is 0.215. The molecule has 0 unspecified atom stereocenters. The maximum absolute atomic E-state index is 12.1. The SMILES string of the molecule is CC(C)(C)[C@@H]1CCc2nc3sc4c(O)cc(=O)[nH]c4c3c(-c3cccs3)c2C1. The van der Waals surface area contributed by atoms with Crippen molar-refractivity contribution >= 4 is 43.1 Å². The highest BCUT2D eigenvalue weighted by Crippen LogP contribution is 2.47. The van der Waals surface area contributed by atoms with Crippen LogP contribution < -0.4 is 5.56 Å². The second-order valence-electron chi connectivity index (χ2n) is 8.70. The third-order valence-corrected chi connectivity index (χ3v) is 7.94. The van der Waals surface area contributed by atoms with Crippen LogP contribution in [-0.4, -0.2) is 15.1 Å². The van der Waals surface area contributed by atoms with Crippen LogP contribution in [0.1, 0.15) is 38.4 Å². The zero-order chi connectivity index (χ0) is 19.6.